The van der Waals surface area contributed by atoms with Crippen molar-refractivity contribution in [2.75, 3.05) is 0 Å². The third-order valence-corrected chi connectivity index (χ3v) is 1.82. The maximum atomic E-state index is 10.3. The van der Waals surface area contributed by atoms with E-state index in [1.807, 2.05) is 12.4 Å². The van der Waals surface area contributed by atoms with E-state index in [9.17, 15) is 4.79 Å². The summed E-state index contributed by atoms with van der Waals surface area (Å²) in [5.41, 5.74) is 2.49. The Hall–Kier alpha value is -1.25. The largest absolute Gasteiger partial charge is 0.367 e. The van der Waals surface area contributed by atoms with Crippen molar-refractivity contribution in [2.24, 2.45) is 0 Å². The van der Waals surface area contributed by atoms with Gasteiger partial charge in [0.25, 0.3) is 0 Å². The predicted octanol–water partition coefficient (Wildman–Crippen LogP) is 0.487. The van der Waals surface area contributed by atoms with Gasteiger partial charge in [0.1, 0.15) is 0 Å². The van der Waals surface area contributed by atoms with Crippen molar-refractivity contribution in [2.45, 2.75) is 13.1 Å². The van der Waals surface area contributed by atoms with Gasteiger partial charge in [0.05, 0.1) is 0 Å². The lowest BCUT2D eigenvalue weighted by atomic mass is 10.2. The Bertz CT molecular complexity index is 233. The van der Waals surface area contributed by atoms with Crippen LogP contribution >= 0.6 is 0 Å². The van der Waals surface area contributed by atoms with Gasteiger partial charge in [-0.1, -0.05) is 0 Å². The van der Waals surface area contributed by atoms with Crippen molar-refractivity contribution in [3.8, 4) is 0 Å². The second kappa shape index (κ2) is 1.87. The van der Waals surface area contributed by atoms with Gasteiger partial charge in [-0.05, 0) is 11.1 Å². The van der Waals surface area contributed by atoms with Crippen LogP contribution in [-0.4, -0.2) is 16.3 Å². The highest BCUT2D eigenvalue weighted by molar-refractivity contribution is 5.50. The van der Waals surface area contributed by atoms with Crippen LogP contribution in [0.1, 0.15) is 11.1 Å². The molecule has 0 aromatic carbocycles. The lowest BCUT2D eigenvalue weighted by molar-refractivity contribution is -0.118. The van der Waals surface area contributed by atoms with Crippen LogP contribution in [0.3, 0.4) is 0 Å². The molecule has 0 spiro atoms. The molecule has 0 fully saturated rings. The fourth-order valence-corrected chi connectivity index (χ4v) is 1.29. The predicted molar refractivity (Wildman–Crippen MR) is 36.1 cm³/mol. The molecule has 1 aromatic rings. The fraction of sp³-hybridized carbons (Fsp3) is 0.286. The van der Waals surface area contributed by atoms with Gasteiger partial charge >= 0.3 is 0 Å². The van der Waals surface area contributed by atoms with Crippen molar-refractivity contribution in [3.63, 3.8) is 0 Å². The highest BCUT2D eigenvalue weighted by Gasteiger charge is 2.16. The number of aromatic amines is 1. The number of hydrogen-bond acceptors (Lipinski definition) is 1. The Kier molecular flexibility index (Phi) is 1.03. The number of nitrogens with zero attached hydrogens (tertiary/aromatic N) is 1. The minimum Gasteiger partial charge on any atom is -0.367 e. The van der Waals surface area contributed by atoms with Gasteiger partial charge in [-0.15, -0.1) is 0 Å². The molecule has 0 bridgehead atoms. The number of hydrogen-bond donors (Lipinski definition) is 1. The van der Waals surface area contributed by atoms with Gasteiger partial charge in [-0.2, -0.15) is 0 Å². The van der Waals surface area contributed by atoms with Crippen LogP contribution < -0.4 is 0 Å². The van der Waals surface area contributed by atoms with Crippen LogP contribution in [0.25, 0.3) is 0 Å². The molecule has 1 N–H and O–H groups in total. The summed E-state index contributed by atoms with van der Waals surface area (Å²) in [6, 6.07) is 0. The Morgan fingerprint density at radius 2 is 2.00 bits per heavy atom. The van der Waals surface area contributed by atoms with Crippen LogP contribution in [0.4, 0.5) is 0 Å². The minimum absolute atomic E-state index is 0.766. The summed E-state index contributed by atoms with van der Waals surface area (Å²) in [6.07, 6.45) is 4.78. The molecule has 3 heteroatoms. The molecule has 52 valence electrons. The molecule has 0 saturated heterocycles. The van der Waals surface area contributed by atoms with E-state index in [2.05, 4.69) is 4.98 Å². The van der Waals surface area contributed by atoms with E-state index in [-0.39, 0.29) is 0 Å². The molecule has 0 saturated carbocycles. The van der Waals surface area contributed by atoms with E-state index >= 15 is 0 Å². The van der Waals surface area contributed by atoms with E-state index < -0.39 is 0 Å². The molecular weight excluding hydrogens is 128 g/mol. The zero-order valence-corrected chi connectivity index (χ0v) is 5.50. The second-order valence-corrected chi connectivity index (χ2v) is 2.52. The van der Waals surface area contributed by atoms with E-state index in [1.54, 1.807) is 4.90 Å². The highest BCUT2D eigenvalue weighted by atomic mass is 16.1. The number of fused-ring (bicyclic) bond motifs is 1. The molecule has 2 heterocycles. The molecular formula is C7H8N2O. The zero-order chi connectivity index (χ0) is 6.97. The Morgan fingerprint density at radius 1 is 1.40 bits per heavy atom. The van der Waals surface area contributed by atoms with Crippen LogP contribution in [0.5, 0.6) is 0 Å². The van der Waals surface area contributed by atoms with Gasteiger partial charge in [0.2, 0.25) is 6.41 Å². The summed E-state index contributed by atoms with van der Waals surface area (Å²) < 4.78 is 0. The number of H-pyrrole nitrogens is 1. The van der Waals surface area contributed by atoms with Crippen LogP contribution in [0.2, 0.25) is 0 Å². The van der Waals surface area contributed by atoms with Gasteiger partial charge in [0.15, 0.2) is 0 Å². The first kappa shape index (κ1) is 5.53. The standard InChI is InChI=1S/C7H8N2O/c10-5-9-3-6-1-8-2-7(6)4-9/h1-2,5,8H,3-4H2. The first-order valence-electron chi connectivity index (χ1n) is 3.24. The van der Waals surface area contributed by atoms with Crippen LogP contribution in [-0.2, 0) is 17.9 Å². The Morgan fingerprint density at radius 3 is 2.50 bits per heavy atom. The van der Waals surface area contributed by atoms with Crippen molar-refractivity contribution < 1.29 is 4.79 Å². The van der Waals surface area contributed by atoms with Gasteiger partial charge in [-0.25, -0.2) is 0 Å². The quantitative estimate of drug-likeness (QED) is 0.560. The molecule has 0 aliphatic carbocycles. The Balaban J connectivity index is 2.28. The zero-order valence-electron chi connectivity index (χ0n) is 5.50. The SMILES string of the molecule is O=CN1Cc2c[nH]cc2C1. The molecule has 10 heavy (non-hydrogen) atoms. The molecule has 2 rings (SSSR count). The van der Waals surface area contributed by atoms with E-state index in [0.717, 1.165) is 19.5 Å². The number of amides is 1. The fourth-order valence-electron chi connectivity index (χ4n) is 1.29. The highest BCUT2D eigenvalue weighted by Crippen LogP contribution is 2.19. The molecule has 1 amide bonds. The van der Waals surface area contributed by atoms with Crippen molar-refractivity contribution in [3.05, 3.63) is 23.5 Å². The van der Waals surface area contributed by atoms with Crippen molar-refractivity contribution in [1.82, 2.24) is 9.88 Å². The summed E-state index contributed by atoms with van der Waals surface area (Å²) in [6.45, 7) is 1.53. The summed E-state index contributed by atoms with van der Waals surface area (Å²) in [7, 11) is 0. The van der Waals surface area contributed by atoms with E-state index in [0.29, 0.717) is 0 Å². The number of nitrogens with one attached hydrogen (secondary N) is 1. The number of carbonyl (C=O) groups excluding carboxylic acids is 1. The van der Waals surface area contributed by atoms with Crippen LogP contribution in [0, 0.1) is 0 Å². The van der Waals surface area contributed by atoms with E-state index in [1.165, 1.54) is 11.1 Å². The van der Waals surface area contributed by atoms with Gasteiger partial charge < -0.3 is 9.88 Å². The third kappa shape index (κ3) is 0.635. The van der Waals surface area contributed by atoms with Crippen molar-refractivity contribution in [1.29, 1.82) is 0 Å². The van der Waals surface area contributed by atoms with Gasteiger partial charge in [-0.3, -0.25) is 4.79 Å². The smallest absolute Gasteiger partial charge is 0.210 e. The summed E-state index contributed by atoms with van der Waals surface area (Å²) >= 11 is 0. The first-order chi connectivity index (χ1) is 4.90. The molecule has 1 aromatic heterocycles. The molecule has 1 aliphatic rings. The normalized spacial score (nSPS) is 15.4. The van der Waals surface area contributed by atoms with Crippen molar-refractivity contribution >= 4 is 6.41 Å². The van der Waals surface area contributed by atoms with Crippen LogP contribution in [0.15, 0.2) is 12.4 Å². The maximum absolute atomic E-state index is 10.3. The first-order valence-corrected chi connectivity index (χ1v) is 3.24. The topological polar surface area (TPSA) is 36.1 Å². The van der Waals surface area contributed by atoms with Gasteiger partial charge in [0, 0.05) is 25.5 Å². The summed E-state index contributed by atoms with van der Waals surface area (Å²) in [5, 5.41) is 0. The Labute approximate surface area is 58.7 Å². The second-order valence-electron chi connectivity index (χ2n) is 2.52. The number of aromatic nitrogens is 1. The molecule has 3 nitrogen and oxygen atoms in total. The average molecular weight is 136 g/mol. The molecule has 0 atom stereocenters. The maximum Gasteiger partial charge on any atom is 0.210 e. The average Bonchev–Trinajstić information content (AvgIpc) is 2.42. The molecule has 0 radical (unpaired) electrons. The number of rotatable bonds is 1. The third-order valence-electron chi connectivity index (χ3n) is 1.82. The summed E-state index contributed by atoms with van der Waals surface area (Å²) in [5.74, 6) is 0. The summed E-state index contributed by atoms with van der Waals surface area (Å²) in [4.78, 5) is 15.0. The van der Waals surface area contributed by atoms with E-state index in [4.69, 9.17) is 0 Å². The monoisotopic (exact) mass is 136 g/mol. The molecule has 0 unspecified atom stereocenters. The molecule has 1 aliphatic heterocycles. The minimum atomic E-state index is 0.766. The lowest BCUT2D eigenvalue weighted by Crippen LogP contribution is -2.12. The number of carbonyl (C=O) groups is 1. The lowest BCUT2D eigenvalue weighted by Gasteiger charge is -2.04.